The summed E-state index contributed by atoms with van der Waals surface area (Å²) in [6, 6.07) is 0.405. The topological polar surface area (TPSA) is 63.4 Å². The van der Waals surface area contributed by atoms with E-state index in [-0.39, 0.29) is 6.10 Å². The molecule has 1 aliphatic rings. The van der Waals surface area contributed by atoms with Crippen LogP contribution in [0.25, 0.3) is 0 Å². The van der Waals surface area contributed by atoms with Crippen molar-refractivity contribution in [2.75, 3.05) is 26.2 Å². The third kappa shape index (κ3) is 3.51. The maximum Gasteiger partial charge on any atom is 0.240 e. The van der Waals surface area contributed by atoms with Gasteiger partial charge < -0.3 is 14.6 Å². The summed E-state index contributed by atoms with van der Waals surface area (Å²) in [5.74, 6) is 1.28. The number of aromatic nitrogens is 2. The Bertz CT molecular complexity index is 367. The molecule has 0 spiro atoms. The van der Waals surface area contributed by atoms with Gasteiger partial charge in [0.15, 0.2) is 0 Å². The second-order valence-electron chi connectivity index (χ2n) is 4.83. The maximum atomic E-state index is 5.69. The molecule has 0 aromatic carbocycles. The summed E-state index contributed by atoms with van der Waals surface area (Å²) >= 11 is 0. The fourth-order valence-corrected chi connectivity index (χ4v) is 1.91. The number of likely N-dealkylation sites (N-methyl/N-ethyl adjacent to an activating group) is 1. The van der Waals surface area contributed by atoms with Crippen molar-refractivity contribution in [2.45, 2.75) is 39.5 Å². The molecule has 2 heterocycles. The molecule has 6 nitrogen and oxygen atoms in total. The van der Waals surface area contributed by atoms with Crippen molar-refractivity contribution >= 4 is 0 Å². The van der Waals surface area contributed by atoms with E-state index >= 15 is 0 Å². The van der Waals surface area contributed by atoms with Crippen LogP contribution < -0.4 is 5.32 Å². The Hall–Kier alpha value is -0.980. The van der Waals surface area contributed by atoms with E-state index in [1.807, 2.05) is 0 Å². The van der Waals surface area contributed by atoms with E-state index in [2.05, 4.69) is 41.1 Å². The summed E-state index contributed by atoms with van der Waals surface area (Å²) < 4.78 is 10.9. The van der Waals surface area contributed by atoms with Crippen LogP contribution in [-0.4, -0.2) is 47.3 Å². The summed E-state index contributed by atoms with van der Waals surface area (Å²) in [6.45, 7) is 10.5. The van der Waals surface area contributed by atoms with Gasteiger partial charge in [-0.2, -0.15) is 4.98 Å². The number of nitrogens with one attached hydrogen (secondary N) is 1. The molecule has 102 valence electrons. The van der Waals surface area contributed by atoms with Crippen LogP contribution in [0.4, 0.5) is 0 Å². The molecule has 1 atom stereocenters. The van der Waals surface area contributed by atoms with Crippen molar-refractivity contribution in [1.29, 1.82) is 0 Å². The Morgan fingerprint density at radius 2 is 2.33 bits per heavy atom. The van der Waals surface area contributed by atoms with Gasteiger partial charge >= 0.3 is 0 Å². The lowest BCUT2D eigenvalue weighted by atomic mass is 10.2. The van der Waals surface area contributed by atoms with Gasteiger partial charge in [0.05, 0.1) is 13.2 Å². The first-order valence-corrected chi connectivity index (χ1v) is 6.59. The zero-order valence-electron chi connectivity index (χ0n) is 11.3. The average Bonchev–Trinajstić information content (AvgIpc) is 2.85. The average molecular weight is 254 g/mol. The van der Waals surface area contributed by atoms with Crippen molar-refractivity contribution in [1.82, 2.24) is 20.4 Å². The Morgan fingerprint density at radius 1 is 1.50 bits per heavy atom. The highest BCUT2D eigenvalue weighted by atomic mass is 16.5. The van der Waals surface area contributed by atoms with Gasteiger partial charge in [-0.3, -0.25) is 4.90 Å². The molecule has 0 saturated carbocycles. The minimum absolute atomic E-state index is 0.0600. The van der Waals surface area contributed by atoms with Crippen molar-refractivity contribution < 1.29 is 9.26 Å². The number of hydrogen-bond acceptors (Lipinski definition) is 6. The van der Waals surface area contributed by atoms with E-state index in [1.54, 1.807) is 0 Å². The van der Waals surface area contributed by atoms with Gasteiger partial charge in [-0.1, -0.05) is 25.9 Å². The molecule has 1 aliphatic heterocycles. The van der Waals surface area contributed by atoms with Gasteiger partial charge in [0.2, 0.25) is 11.7 Å². The first kappa shape index (κ1) is 13.5. The van der Waals surface area contributed by atoms with Crippen LogP contribution in [0, 0.1) is 0 Å². The van der Waals surface area contributed by atoms with E-state index in [0.29, 0.717) is 24.3 Å². The van der Waals surface area contributed by atoms with Gasteiger partial charge in [-0.15, -0.1) is 0 Å². The SMILES string of the molecule is CCN1CCOC(c2noc(CNC(C)C)n2)C1. The fraction of sp³-hybridized carbons (Fsp3) is 0.833. The van der Waals surface area contributed by atoms with Crippen LogP contribution in [0.5, 0.6) is 0 Å². The summed E-state index contributed by atoms with van der Waals surface area (Å²) in [5, 5.41) is 7.26. The van der Waals surface area contributed by atoms with Crippen LogP contribution in [0.1, 0.15) is 38.6 Å². The van der Waals surface area contributed by atoms with E-state index in [9.17, 15) is 0 Å². The zero-order chi connectivity index (χ0) is 13.0. The van der Waals surface area contributed by atoms with E-state index in [4.69, 9.17) is 9.26 Å². The van der Waals surface area contributed by atoms with Crippen molar-refractivity contribution in [3.8, 4) is 0 Å². The molecule has 0 amide bonds. The van der Waals surface area contributed by atoms with Crippen LogP contribution in [-0.2, 0) is 11.3 Å². The molecular formula is C12H22N4O2. The molecule has 18 heavy (non-hydrogen) atoms. The number of morpholine rings is 1. The Labute approximate surface area is 108 Å². The van der Waals surface area contributed by atoms with Crippen molar-refractivity contribution in [2.24, 2.45) is 0 Å². The lowest BCUT2D eigenvalue weighted by Gasteiger charge is -2.30. The van der Waals surface area contributed by atoms with Crippen LogP contribution in [0.2, 0.25) is 0 Å². The molecular weight excluding hydrogens is 232 g/mol. The quantitative estimate of drug-likeness (QED) is 0.844. The minimum Gasteiger partial charge on any atom is -0.367 e. The van der Waals surface area contributed by atoms with Gasteiger partial charge in [-0.05, 0) is 6.54 Å². The maximum absolute atomic E-state index is 5.69. The van der Waals surface area contributed by atoms with Crippen molar-refractivity contribution in [3.05, 3.63) is 11.7 Å². The third-order valence-electron chi connectivity index (χ3n) is 3.03. The van der Waals surface area contributed by atoms with Gasteiger partial charge in [0.25, 0.3) is 0 Å². The van der Waals surface area contributed by atoms with E-state index in [1.165, 1.54) is 0 Å². The Balaban J connectivity index is 1.92. The molecule has 1 fully saturated rings. The third-order valence-corrected chi connectivity index (χ3v) is 3.03. The number of ether oxygens (including phenoxy) is 1. The second kappa shape index (κ2) is 6.26. The Kier molecular flexibility index (Phi) is 4.68. The highest BCUT2D eigenvalue weighted by Crippen LogP contribution is 2.19. The molecule has 0 aliphatic carbocycles. The second-order valence-corrected chi connectivity index (χ2v) is 4.83. The largest absolute Gasteiger partial charge is 0.367 e. The predicted octanol–water partition coefficient (Wildman–Crippen LogP) is 0.961. The normalized spacial score (nSPS) is 21.7. The molecule has 6 heteroatoms. The smallest absolute Gasteiger partial charge is 0.240 e. The summed E-state index contributed by atoms with van der Waals surface area (Å²) in [7, 11) is 0. The van der Waals surface area contributed by atoms with Gasteiger partial charge in [0, 0.05) is 19.1 Å². The van der Waals surface area contributed by atoms with E-state index in [0.717, 1.165) is 26.2 Å². The molecule has 1 aromatic rings. The highest BCUT2D eigenvalue weighted by Gasteiger charge is 2.25. The summed E-state index contributed by atoms with van der Waals surface area (Å²) in [6.07, 6.45) is -0.0600. The zero-order valence-corrected chi connectivity index (χ0v) is 11.3. The highest BCUT2D eigenvalue weighted by molar-refractivity contribution is 4.94. The first-order chi connectivity index (χ1) is 8.69. The molecule has 1 aromatic heterocycles. The lowest BCUT2D eigenvalue weighted by molar-refractivity contribution is -0.0334. The molecule has 0 bridgehead atoms. The fourth-order valence-electron chi connectivity index (χ4n) is 1.91. The van der Waals surface area contributed by atoms with Gasteiger partial charge in [0.1, 0.15) is 6.10 Å². The Morgan fingerprint density at radius 3 is 3.06 bits per heavy atom. The summed E-state index contributed by atoms with van der Waals surface area (Å²) in [4.78, 5) is 6.71. The van der Waals surface area contributed by atoms with Gasteiger partial charge in [-0.25, -0.2) is 0 Å². The first-order valence-electron chi connectivity index (χ1n) is 6.59. The number of rotatable bonds is 5. The molecule has 1 N–H and O–H groups in total. The summed E-state index contributed by atoms with van der Waals surface area (Å²) in [5.41, 5.74) is 0. The minimum atomic E-state index is -0.0600. The standard InChI is InChI=1S/C12H22N4O2/c1-4-16-5-6-17-10(8-16)12-14-11(18-15-12)7-13-9(2)3/h9-10,13H,4-8H2,1-3H3. The molecule has 2 rings (SSSR count). The number of hydrogen-bond donors (Lipinski definition) is 1. The molecule has 1 saturated heterocycles. The number of nitrogens with zero attached hydrogens (tertiary/aromatic N) is 3. The monoisotopic (exact) mass is 254 g/mol. The van der Waals surface area contributed by atoms with Crippen LogP contribution >= 0.6 is 0 Å². The van der Waals surface area contributed by atoms with Crippen LogP contribution in [0.3, 0.4) is 0 Å². The predicted molar refractivity (Wildman–Crippen MR) is 67.1 cm³/mol. The van der Waals surface area contributed by atoms with Crippen molar-refractivity contribution in [3.63, 3.8) is 0 Å². The lowest BCUT2D eigenvalue weighted by Crippen LogP contribution is -2.38. The molecule has 0 radical (unpaired) electrons. The molecule has 1 unspecified atom stereocenters. The van der Waals surface area contributed by atoms with Crippen LogP contribution in [0.15, 0.2) is 4.52 Å². The van der Waals surface area contributed by atoms with E-state index < -0.39 is 0 Å².